The number of methoxy groups -OCH3 is 1. The zero-order valence-corrected chi connectivity index (χ0v) is 17.0. The summed E-state index contributed by atoms with van der Waals surface area (Å²) >= 11 is 0. The van der Waals surface area contributed by atoms with E-state index >= 15 is 0 Å². The van der Waals surface area contributed by atoms with E-state index in [1.165, 1.54) is 12.7 Å². The summed E-state index contributed by atoms with van der Waals surface area (Å²) in [6, 6.07) is 11.9. The van der Waals surface area contributed by atoms with E-state index < -0.39 is 5.92 Å². The quantitative estimate of drug-likeness (QED) is 0.512. The molecule has 2 rings (SSSR count). The first-order valence-corrected chi connectivity index (χ1v) is 9.44. The molecule has 0 N–H and O–H groups in total. The van der Waals surface area contributed by atoms with Crippen molar-refractivity contribution in [3.05, 3.63) is 71.6 Å². The largest absolute Gasteiger partial charge is 0.469 e. The van der Waals surface area contributed by atoms with Crippen LogP contribution < -0.4 is 0 Å². The molecule has 0 fully saturated rings. The molecule has 148 valence electrons. The highest BCUT2D eigenvalue weighted by atomic mass is 16.5. The smallest absolute Gasteiger partial charge is 0.310 e. The van der Waals surface area contributed by atoms with Gasteiger partial charge in [0.25, 0.3) is 0 Å². The van der Waals surface area contributed by atoms with Crippen molar-refractivity contribution >= 4 is 18.0 Å². The van der Waals surface area contributed by atoms with Crippen molar-refractivity contribution in [1.29, 1.82) is 0 Å². The first kappa shape index (κ1) is 21.4. The second-order valence-corrected chi connectivity index (χ2v) is 7.15. The molecular weight excluding hydrogens is 352 g/mol. The minimum absolute atomic E-state index is 0.152. The fraction of sp³-hybridized carbons (Fsp3) is 0.348. The molecule has 1 aromatic heterocycles. The van der Waals surface area contributed by atoms with Gasteiger partial charge in [-0.1, -0.05) is 45.0 Å². The van der Waals surface area contributed by atoms with Crippen LogP contribution in [0.1, 0.15) is 43.4 Å². The normalized spacial score (nSPS) is 12.2. The number of aromatic nitrogens is 1. The maximum Gasteiger partial charge on any atom is 0.310 e. The summed E-state index contributed by atoms with van der Waals surface area (Å²) in [4.78, 5) is 30.3. The zero-order chi connectivity index (χ0) is 20.5. The molecule has 0 spiro atoms. The van der Waals surface area contributed by atoms with Crippen LogP contribution in [0.15, 0.2) is 54.9 Å². The van der Waals surface area contributed by atoms with E-state index in [4.69, 9.17) is 4.74 Å². The number of hydrogen-bond acceptors (Lipinski definition) is 4. The van der Waals surface area contributed by atoms with Gasteiger partial charge in [0.05, 0.1) is 13.0 Å². The van der Waals surface area contributed by atoms with Crippen LogP contribution in [0.2, 0.25) is 0 Å². The van der Waals surface area contributed by atoms with Gasteiger partial charge >= 0.3 is 5.97 Å². The topological polar surface area (TPSA) is 59.5 Å². The van der Waals surface area contributed by atoms with Gasteiger partial charge in [0.1, 0.15) is 0 Å². The lowest BCUT2D eigenvalue weighted by molar-refractivity contribution is -0.146. The predicted molar refractivity (Wildman–Crippen MR) is 110 cm³/mol. The number of nitrogens with zero attached hydrogens (tertiary/aromatic N) is 2. The Morgan fingerprint density at radius 2 is 1.71 bits per heavy atom. The van der Waals surface area contributed by atoms with E-state index in [9.17, 15) is 9.59 Å². The second-order valence-electron chi connectivity index (χ2n) is 7.15. The van der Waals surface area contributed by atoms with Gasteiger partial charge in [-0.2, -0.15) is 0 Å². The summed E-state index contributed by atoms with van der Waals surface area (Å²) in [5.74, 6) is -0.425. The molecule has 1 atom stereocenters. The van der Waals surface area contributed by atoms with E-state index in [1.807, 2.05) is 24.3 Å². The molecule has 0 aliphatic rings. The first-order valence-electron chi connectivity index (χ1n) is 9.44. The zero-order valence-electron chi connectivity index (χ0n) is 17.0. The molecule has 1 aromatic carbocycles. The number of amides is 1. The summed E-state index contributed by atoms with van der Waals surface area (Å²) in [5.41, 5.74) is 3.17. The Balaban J connectivity index is 2.13. The van der Waals surface area contributed by atoms with Crippen molar-refractivity contribution in [2.24, 2.45) is 5.92 Å². The van der Waals surface area contributed by atoms with Crippen LogP contribution in [0, 0.1) is 5.92 Å². The Morgan fingerprint density at radius 3 is 2.29 bits per heavy atom. The predicted octanol–water partition coefficient (Wildman–Crippen LogP) is 4.06. The summed E-state index contributed by atoms with van der Waals surface area (Å²) in [7, 11) is 1.36. The molecule has 5 heteroatoms. The van der Waals surface area contributed by atoms with E-state index in [0.717, 1.165) is 11.1 Å². The maximum absolute atomic E-state index is 12.8. The first-order chi connectivity index (χ1) is 13.4. The molecule has 0 bridgehead atoms. The van der Waals surface area contributed by atoms with Gasteiger partial charge in [-0.15, -0.1) is 0 Å². The second kappa shape index (κ2) is 10.4. The molecule has 1 amide bonds. The SMILES string of the molecule is COC(=O)C(C)CN(Cc1ccncc1)C(=O)/C=C/c1ccc(C(C)C)cc1. The third-order valence-corrected chi connectivity index (χ3v) is 4.55. The van der Waals surface area contributed by atoms with Crippen LogP contribution in [-0.2, 0) is 20.9 Å². The van der Waals surface area contributed by atoms with Crippen LogP contribution in [0.5, 0.6) is 0 Å². The lowest BCUT2D eigenvalue weighted by atomic mass is 10.0. The highest BCUT2D eigenvalue weighted by Crippen LogP contribution is 2.16. The number of benzene rings is 1. The highest BCUT2D eigenvalue weighted by Gasteiger charge is 2.20. The van der Waals surface area contributed by atoms with Gasteiger partial charge in [-0.3, -0.25) is 14.6 Å². The van der Waals surface area contributed by atoms with Crippen LogP contribution in [0.3, 0.4) is 0 Å². The Morgan fingerprint density at radius 1 is 1.07 bits per heavy atom. The van der Waals surface area contributed by atoms with Crippen molar-refractivity contribution in [3.63, 3.8) is 0 Å². The third kappa shape index (κ3) is 6.34. The Labute approximate surface area is 167 Å². The molecule has 28 heavy (non-hydrogen) atoms. The molecule has 1 unspecified atom stereocenters. The van der Waals surface area contributed by atoms with Crippen LogP contribution in [0.4, 0.5) is 0 Å². The molecule has 0 saturated heterocycles. The number of rotatable bonds is 8. The van der Waals surface area contributed by atoms with Gasteiger partial charge in [0.15, 0.2) is 0 Å². The van der Waals surface area contributed by atoms with Crippen LogP contribution in [-0.4, -0.2) is 35.4 Å². The standard InChI is InChI=1S/C23H28N2O3/c1-17(2)21-8-5-19(6-9-21)7-10-22(26)25(15-18(3)23(27)28-4)16-20-11-13-24-14-12-20/h5-14,17-18H,15-16H2,1-4H3/b10-7+. The number of carbonyl (C=O) groups is 2. The summed E-state index contributed by atoms with van der Waals surface area (Å²) in [6.07, 6.45) is 6.73. The monoisotopic (exact) mass is 380 g/mol. The summed E-state index contributed by atoms with van der Waals surface area (Å²) in [5, 5.41) is 0. The van der Waals surface area contributed by atoms with E-state index in [0.29, 0.717) is 12.5 Å². The minimum Gasteiger partial charge on any atom is -0.469 e. The van der Waals surface area contributed by atoms with Gasteiger partial charge in [-0.05, 0) is 40.8 Å². The Hall–Kier alpha value is -2.95. The molecule has 0 saturated carbocycles. The lowest BCUT2D eigenvalue weighted by Gasteiger charge is -2.24. The molecule has 1 heterocycles. The number of pyridine rings is 1. The average molecular weight is 380 g/mol. The molecule has 0 radical (unpaired) electrons. The van der Waals surface area contributed by atoms with Gasteiger partial charge in [-0.25, -0.2) is 0 Å². The molecule has 5 nitrogen and oxygen atoms in total. The minimum atomic E-state index is -0.408. The third-order valence-electron chi connectivity index (χ3n) is 4.55. The molecule has 2 aromatic rings. The van der Waals surface area contributed by atoms with E-state index in [2.05, 4.69) is 31.0 Å². The van der Waals surface area contributed by atoms with Gasteiger partial charge in [0.2, 0.25) is 5.91 Å². The maximum atomic E-state index is 12.8. The van der Waals surface area contributed by atoms with Gasteiger partial charge < -0.3 is 9.64 Å². The van der Waals surface area contributed by atoms with Crippen molar-refractivity contribution < 1.29 is 14.3 Å². The number of carbonyl (C=O) groups excluding carboxylic acids is 2. The summed E-state index contributed by atoms with van der Waals surface area (Å²) in [6.45, 7) is 6.73. The van der Waals surface area contributed by atoms with Crippen molar-refractivity contribution in [2.75, 3.05) is 13.7 Å². The fourth-order valence-corrected chi connectivity index (χ4v) is 2.81. The summed E-state index contributed by atoms with van der Waals surface area (Å²) < 4.78 is 4.80. The number of hydrogen-bond donors (Lipinski definition) is 0. The average Bonchev–Trinajstić information content (AvgIpc) is 2.71. The Bertz CT molecular complexity index is 798. The Kier molecular flexibility index (Phi) is 7.93. The van der Waals surface area contributed by atoms with Gasteiger partial charge in [0, 0.05) is 31.6 Å². The lowest BCUT2D eigenvalue weighted by Crippen LogP contribution is -2.35. The van der Waals surface area contributed by atoms with E-state index in [1.54, 1.807) is 36.4 Å². The number of ether oxygens (including phenoxy) is 1. The van der Waals surface area contributed by atoms with Crippen LogP contribution in [0.25, 0.3) is 6.08 Å². The van der Waals surface area contributed by atoms with Crippen molar-refractivity contribution in [2.45, 2.75) is 33.2 Å². The fourth-order valence-electron chi connectivity index (χ4n) is 2.81. The highest BCUT2D eigenvalue weighted by molar-refractivity contribution is 5.92. The molecular formula is C23H28N2O3. The molecule has 0 aliphatic carbocycles. The van der Waals surface area contributed by atoms with Crippen LogP contribution >= 0.6 is 0 Å². The number of esters is 1. The molecule has 0 aliphatic heterocycles. The van der Waals surface area contributed by atoms with Crippen molar-refractivity contribution in [3.8, 4) is 0 Å². The van der Waals surface area contributed by atoms with Crippen molar-refractivity contribution in [1.82, 2.24) is 9.88 Å². The van der Waals surface area contributed by atoms with E-state index in [-0.39, 0.29) is 18.4 Å².